The highest BCUT2D eigenvalue weighted by Crippen LogP contribution is 2.38. The van der Waals surface area contributed by atoms with E-state index in [1.54, 1.807) is 24.3 Å². The van der Waals surface area contributed by atoms with Crippen molar-refractivity contribution in [3.8, 4) is 5.75 Å². The third-order valence-electron chi connectivity index (χ3n) is 3.75. The Morgan fingerprint density at radius 2 is 1.68 bits per heavy atom. The average Bonchev–Trinajstić information content (AvgIpc) is 2.59. The third-order valence-corrected chi connectivity index (χ3v) is 4.27. The predicted molar refractivity (Wildman–Crippen MR) is 101 cm³/mol. The standard InChI is InChI=1S/C20H16BrF3O4/c1-19(2,18(26)27)28-17-10-4-12(11-15(17)20(22,23)24)3-9-16(25)13-5-7-14(21)8-6-13/h3-11H,1-2H3,(H,26,27)/b9-3+. The van der Waals surface area contributed by atoms with E-state index in [4.69, 9.17) is 9.84 Å². The summed E-state index contributed by atoms with van der Waals surface area (Å²) in [4.78, 5) is 23.3. The summed E-state index contributed by atoms with van der Waals surface area (Å²) in [6, 6.07) is 9.69. The van der Waals surface area contributed by atoms with Gasteiger partial charge in [-0.25, -0.2) is 4.79 Å². The van der Waals surface area contributed by atoms with Crippen LogP contribution in [0.5, 0.6) is 5.75 Å². The number of allylic oxidation sites excluding steroid dienone is 1. The van der Waals surface area contributed by atoms with Crippen LogP contribution in [0.1, 0.15) is 35.3 Å². The number of hydrogen-bond acceptors (Lipinski definition) is 3. The molecule has 0 atom stereocenters. The average molecular weight is 457 g/mol. The van der Waals surface area contributed by atoms with E-state index in [1.807, 2.05) is 0 Å². The number of alkyl halides is 3. The lowest BCUT2D eigenvalue weighted by Crippen LogP contribution is -2.38. The second-order valence-electron chi connectivity index (χ2n) is 6.38. The van der Waals surface area contributed by atoms with Gasteiger partial charge in [-0.15, -0.1) is 0 Å². The topological polar surface area (TPSA) is 63.6 Å². The molecule has 0 aliphatic carbocycles. The highest BCUT2D eigenvalue weighted by Gasteiger charge is 2.38. The fraction of sp³-hybridized carbons (Fsp3) is 0.200. The molecule has 4 nitrogen and oxygen atoms in total. The molecule has 0 aliphatic rings. The van der Waals surface area contributed by atoms with Gasteiger partial charge in [0.05, 0.1) is 5.56 Å². The van der Waals surface area contributed by atoms with Gasteiger partial charge < -0.3 is 9.84 Å². The minimum atomic E-state index is -4.76. The van der Waals surface area contributed by atoms with Gasteiger partial charge >= 0.3 is 12.1 Å². The highest BCUT2D eigenvalue weighted by molar-refractivity contribution is 9.10. The Hall–Kier alpha value is -2.61. The van der Waals surface area contributed by atoms with E-state index in [1.165, 1.54) is 18.2 Å². The monoisotopic (exact) mass is 456 g/mol. The maximum Gasteiger partial charge on any atom is 0.419 e. The molecular formula is C20H16BrF3O4. The summed E-state index contributed by atoms with van der Waals surface area (Å²) >= 11 is 3.25. The number of rotatable bonds is 6. The maximum atomic E-state index is 13.4. The molecule has 0 aromatic heterocycles. The van der Waals surface area contributed by atoms with E-state index < -0.39 is 29.1 Å². The van der Waals surface area contributed by atoms with Crippen LogP contribution in [-0.2, 0) is 11.0 Å². The van der Waals surface area contributed by atoms with Gasteiger partial charge in [-0.1, -0.05) is 28.1 Å². The van der Waals surface area contributed by atoms with Crippen molar-refractivity contribution in [1.29, 1.82) is 0 Å². The molecule has 8 heteroatoms. The third kappa shape index (κ3) is 5.45. The normalized spacial score (nSPS) is 12.2. The lowest BCUT2D eigenvalue weighted by atomic mass is 10.1. The van der Waals surface area contributed by atoms with Crippen LogP contribution in [0, 0.1) is 0 Å². The number of halogens is 4. The minimum Gasteiger partial charge on any atom is -0.478 e. The molecule has 0 radical (unpaired) electrons. The van der Waals surface area contributed by atoms with Gasteiger partial charge in [0.15, 0.2) is 11.4 Å². The molecule has 0 saturated carbocycles. The summed E-state index contributed by atoms with van der Waals surface area (Å²) in [5, 5.41) is 9.06. The summed E-state index contributed by atoms with van der Waals surface area (Å²) in [7, 11) is 0. The first-order valence-electron chi connectivity index (χ1n) is 8.02. The molecule has 2 rings (SSSR count). The van der Waals surface area contributed by atoms with E-state index in [0.29, 0.717) is 5.56 Å². The molecule has 0 amide bonds. The Morgan fingerprint density at radius 3 is 2.21 bits per heavy atom. The molecule has 2 aromatic carbocycles. The first-order chi connectivity index (χ1) is 12.9. The van der Waals surface area contributed by atoms with Gasteiger partial charge in [-0.2, -0.15) is 13.2 Å². The molecule has 148 valence electrons. The van der Waals surface area contributed by atoms with Crippen molar-refractivity contribution in [3.63, 3.8) is 0 Å². The Labute approximate surface area is 167 Å². The van der Waals surface area contributed by atoms with Crippen molar-refractivity contribution in [2.45, 2.75) is 25.6 Å². The van der Waals surface area contributed by atoms with Crippen LogP contribution in [-0.4, -0.2) is 22.5 Å². The van der Waals surface area contributed by atoms with Gasteiger partial charge in [0, 0.05) is 10.0 Å². The first-order valence-corrected chi connectivity index (χ1v) is 8.81. The molecule has 0 aliphatic heterocycles. The van der Waals surface area contributed by atoms with E-state index >= 15 is 0 Å². The maximum absolute atomic E-state index is 13.4. The SMILES string of the molecule is CC(C)(Oc1ccc(/C=C/C(=O)c2ccc(Br)cc2)cc1C(F)(F)F)C(=O)O. The van der Waals surface area contributed by atoms with Gasteiger partial charge in [-0.3, -0.25) is 4.79 Å². The first kappa shape index (κ1) is 21.7. The molecule has 0 spiro atoms. The number of aliphatic carboxylic acids is 1. The summed E-state index contributed by atoms with van der Waals surface area (Å²) in [6.07, 6.45) is -2.34. The number of hydrogen-bond donors (Lipinski definition) is 1. The van der Waals surface area contributed by atoms with Crippen LogP contribution in [0.2, 0.25) is 0 Å². The summed E-state index contributed by atoms with van der Waals surface area (Å²) in [5.41, 5.74) is -2.45. The van der Waals surface area contributed by atoms with Crippen LogP contribution in [0.25, 0.3) is 6.08 Å². The van der Waals surface area contributed by atoms with E-state index in [9.17, 15) is 22.8 Å². The Kier molecular flexibility index (Phi) is 6.34. The smallest absolute Gasteiger partial charge is 0.419 e. The lowest BCUT2D eigenvalue weighted by Gasteiger charge is -2.24. The number of carboxylic acid groups (broad SMARTS) is 1. The Balaban J connectivity index is 2.32. The van der Waals surface area contributed by atoms with Crippen molar-refractivity contribution in [3.05, 3.63) is 69.7 Å². The Morgan fingerprint density at radius 1 is 1.07 bits per heavy atom. The number of carboxylic acids is 1. The lowest BCUT2D eigenvalue weighted by molar-refractivity contribution is -0.155. The molecule has 0 saturated heterocycles. The minimum absolute atomic E-state index is 0.123. The quantitative estimate of drug-likeness (QED) is 0.453. The fourth-order valence-corrected chi connectivity index (χ4v) is 2.43. The molecule has 0 fully saturated rings. The van der Waals surface area contributed by atoms with E-state index in [0.717, 1.165) is 30.5 Å². The van der Waals surface area contributed by atoms with Gasteiger partial charge in [0.1, 0.15) is 5.75 Å². The largest absolute Gasteiger partial charge is 0.478 e. The van der Waals surface area contributed by atoms with Crippen LogP contribution in [0.15, 0.2) is 53.0 Å². The van der Waals surface area contributed by atoms with Crippen LogP contribution in [0.4, 0.5) is 13.2 Å². The molecule has 0 bridgehead atoms. The van der Waals surface area contributed by atoms with Crippen molar-refractivity contribution in [1.82, 2.24) is 0 Å². The van der Waals surface area contributed by atoms with Crippen LogP contribution in [0.3, 0.4) is 0 Å². The predicted octanol–water partition coefficient (Wildman–Crippen LogP) is 5.61. The molecule has 2 aromatic rings. The van der Waals surface area contributed by atoms with Crippen molar-refractivity contribution in [2.24, 2.45) is 0 Å². The van der Waals surface area contributed by atoms with Gasteiger partial charge in [0.25, 0.3) is 0 Å². The zero-order valence-corrected chi connectivity index (χ0v) is 16.5. The number of benzene rings is 2. The second kappa shape index (κ2) is 8.18. The zero-order chi connectivity index (χ0) is 21.1. The molecule has 1 N–H and O–H groups in total. The van der Waals surface area contributed by atoms with Crippen LogP contribution < -0.4 is 4.74 Å². The number of ketones is 1. The number of carbonyl (C=O) groups excluding carboxylic acids is 1. The van der Waals surface area contributed by atoms with Crippen molar-refractivity contribution >= 4 is 33.8 Å². The van der Waals surface area contributed by atoms with Crippen LogP contribution >= 0.6 is 15.9 Å². The van der Waals surface area contributed by atoms with Gasteiger partial charge in [-0.05, 0) is 61.9 Å². The Bertz CT molecular complexity index is 916. The highest BCUT2D eigenvalue weighted by atomic mass is 79.9. The fourth-order valence-electron chi connectivity index (χ4n) is 2.16. The summed E-state index contributed by atoms with van der Waals surface area (Å²) in [5.74, 6) is -2.37. The van der Waals surface area contributed by atoms with Gasteiger partial charge in [0.2, 0.25) is 0 Å². The molecule has 0 heterocycles. The van der Waals surface area contributed by atoms with E-state index in [-0.39, 0.29) is 11.3 Å². The number of ether oxygens (including phenoxy) is 1. The van der Waals surface area contributed by atoms with Crippen molar-refractivity contribution < 1.29 is 32.6 Å². The molecule has 28 heavy (non-hydrogen) atoms. The zero-order valence-electron chi connectivity index (χ0n) is 14.9. The van der Waals surface area contributed by atoms with E-state index in [2.05, 4.69) is 15.9 Å². The summed E-state index contributed by atoms with van der Waals surface area (Å²) < 4.78 is 46.0. The molecule has 0 unspecified atom stereocenters. The number of carbonyl (C=O) groups is 2. The second-order valence-corrected chi connectivity index (χ2v) is 7.29. The molecular weight excluding hydrogens is 441 g/mol. The van der Waals surface area contributed by atoms with Crippen molar-refractivity contribution in [2.75, 3.05) is 0 Å². The summed E-state index contributed by atoms with van der Waals surface area (Å²) in [6.45, 7) is 2.31.